The number of aromatic hydroxyl groups is 1. The highest BCUT2D eigenvalue weighted by Gasteiger charge is 2.31. The van der Waals surface area contributed by atoms with Gasteiger partial charge in [-0.25, -0.2) is 0 Å². The number of rotatable bonds is 5. The van der Waals surface area contributed by atoms with Crippen LogP contribution >= 0.6 is 0 Å². The summed E-state index contributed by atoms with van der Waals surface area (Å²) in [4.78, 5) is 0. The molecule has 0 bridgehead atoms. The quantitative estimate of drug-likeness (QED) is 0.811. The minimum Gasteiger partial charge on any atom is -0.508 e. The van der Waals surface area contributed by atoms with Crippen molar-refractivity contribution in [3.63, 3.8) is 0 Å². The van der Waals surface area contributed by atoms with E-state index in [2.05, 4.69) is 13.0 Å². The largest absolute Gasteiger partial charge is 0.508 e. The standard InChI is InChI=1S/C20H20N2O3/c1-2-3-9-24-15-6-4-5-13(10-15)19-16-8-7-14(23)11-18(16)25-20(22)17(19)12-21/h4-8,10-11,19,23H,2-3,9,22H2,1H3. The predicted molar refractivity (Wildman–Crippen MR) is 94.2 cm³/mol. The number of benzene rings is 2. The average molecular weight is 336 g/mol. The second-order valence-electron chi connectivity index (χ2n) is 5.92. The number of nitrogens with two attached hydrogens (primary N) is 1. The van der Waals surface area contributed by atoms with Crippen molar-refractivity contribution in [2.75, 3.05) is 6.61 Å². The van der Waals surface area contributed by atoms with Crippen molar-refractivity contribution in [1.82, 2.24) is 0 Å². The lowest BCUT2D eigenvalue weighted by atomic mass is 9.83. The van der Waals surface area contributed by atoms with Crippen LogP contribution in [0, 0.1) is 11.3 Å². The summed E-state index contributed by atoms with van der Waals surface area (Å²) in [6, 6.07) is 14.6. The van der Waals surface area contributed by atoms with Crippen molar-refractivity contribution in [3.8, 4) is 23.3 Å². The Morgan fingerprint density at radius 1 is 1.28 bits per heavy atom. The van der Waals surface area contributed by atoms with E-state index in [0.29, 0.717) is 17.9 Å². The fraction of sp³-hybridized carbons (Fsp3) is 0.250. The molecule has 5 nitrogen and oxygen atoms in total. The monoisotopic (exact) mass is 336 g/mol. The third kappa shape index (κ3) is 3.38. The number of nitriles is 1. The van der Waals surface area contributed by atoms with E-state index in [9.17, 15) is 10.4 Å². The number of hydrogen-bond donors (Lipinski definition) is 2. The van der Waals surface area contributed by atoms with Crippen LogP contribution in [0.25, 0.3) is 0 Å². The summed E-state index contributed by atoms with van der Waals surface area (Å²) in [5.41, 5.74) is 7.97. The summed E-state index contributed by atoms with van der Waals surface area (Å²) in [6.07, 6.45) is 2.05. The lowest BCUT2D eigenvalue weighted by Crippen LogP contribution is -2.21. The van der Waals surface area contributed by atoms with Gasteiger partial charge in [-0.1, -0.05) is 31.5 Å². The van der Waals surface area contributed by atoms with Gasteiger partial charge in [-0.3, -0.25) is 0 Å². The molecule has 3 N–H and O–H groups in total. The first kappa shape index (κ1) is 16.7. The third-order valence-corrected chi connectivity index (χ3v) is 4.16. The maximum absolute atomic E-state index is 9.70. The number of unbranched alkanes of at least 4 members (excludes halogenated alkanes) is 1. The van der Waals surface area contributed by atoms with E-state index in [4.69, 9.17) is 15.2 Å². The lowest BCUT2D eigenvalue weighted by molar-refractivity contribution is 0.309. The topological polar surface area (TPSA) is 88.5 Å². The third-order valence-electron chi connectivity index (χ3n) is 4.16. The van der Waals surface area contributed by atoms with Crippen molar-refractivity contribution in [3.05, 3.63) is 65.0 Å². The van der Waals surface area contributed by atoms with Crippen LogP contribution in [-0.4, -0.2) is 11.7 Å². The molecular formula is C20H20N2O3. The zero-order chi connectivity index (χ0) is 17.8. The first-order chi connectivity index (χ1) is 12.1. The molecule has 0 saturated heterocycles. The van der Waals surface area contributed by atoms with Crippen LogP contribution in [0.3, 0.4) is 0 Å². The van der Waals surface area contributed by atoms with Gasteiger partial charge in [0.05, 0.1) is 12.5 Å². The molecule has 0 fully saturated rings. The number of phenolic OH excluding ortho intramolecular Hbond substituents is 1. The van der Waals surface area contributed by atoms with Crippen LogP contribution in [0.2, 0.25) is 0 Å². The van der Waals surface area contributed by atoms with Gasteiger partial charge >= 0.3 is 0 Å². The molecule has 25 heavy (non-hydrogen) atoms. The average Bonchev–Trinajstić information content (AvgIpc) is 2.61. The highest BCUT2D eigenvalue weighted by molar-refractivity contribution is 5.57. The van der Waals surface area contributed by atoms with Crippen LogP contribution in [0.1, 0.15) is 36.8 Å². The SMILES string of the molecule is CCCCOc1cccc(C2C(C#N)=C(N)Oc3cc(O)ccc32)c1. The van der Waals surface area contributed by atoms with Gasteiger partial charge in [-0.2, -0.15) is 5.26 Å². The van der Waals surface area contributed by atoms with Gasteiger partial charge in [0.1, 0.15) is 28.9 Å². The lowest BCUT2D eigenvalue weighted by Gasteiger charge is -2.26. The Labute approximate surface area is 146 Å². The molecule has 1 aliphatic rings. The molecule has 1 unspecified atom stereocenters. The summed E-state index contributed by atoms with van der Waals surface area (Å²) in [7, 11) is 0. The minimum atomic E-state index is -0.357. The molecule has 0 spiro atoms. The summed E-state index contributed by atoms with van der Waals surface area (Å²) in [5.74, 6) is 1.00. The van der Waals surface area contributed by atoms with Crippen LogP contribution in [-0.2, 0) is 0 Å². The van der Waals surface area contributed by atoms with E-state index < -0.39 is 0 Å². The predicted octanol–water partition coefficient (Wildman–Crippen LogP) is 3.79. The smallest absolute Gasteiger partial charge is 0.205 e. The van der Waals surface area contributed by atoms with Crippen LogP contribution in [0.15, 0.2) is 53.9 Å². The summed E-state index contributed by atoms with van der Waals surface area (Å²) in [5, 5.41) is 19.3. The molecule has 3 rings (SSSR count). The Kier molecular flexibility index (Phi) is 4.80. The Hall–Kier alpha value is -3.13. The second-order valence-corrected chi connectivity index (χ2v) is 5.92. The van der Waals surface area contributed by atoms with Crippen molar-refractivity contribution in [2.45, 2.75) is 25.7 Å². The van der Waals surface area contributed by atoms with Gasteiger partial charge in [0.2, 0.25) is 5.88 Å². The van der Waals surface area contributed by atoms with Gasteiger partial charge < -0.3 is 20.3 Å². The number of phenols is 1. The zero-order valence-electron chi connectivity index (χ0n) is 14.0. The van der Waals surface area contributed by atoms with Crippen LogP contribution in [0.4, 0.5) is 0 Å². The van der Waals surface area contributed by atoms with Crippen LogP contribution in [0.5, 0.6) is 17.2 Å². The van der Waals surface area contributed by atoms with E-state index in [1.165, 1.54) is 6.07 Å². The molecule has 0 saturated carbocycles. The van der Waals surface area contributed by atoms with Gasteiger partial charge in [0.25, 0.3) is 0 Å². The normalized spacial score (nSPS) is 15.9. The van der Waals surface area contributed by atoms with Gasteiger partial charge in [-0.05, 0) is 30.2 Å². The first-order valence-corrected chi connectivity index (χ1v) is 8.27. The number of fused-ring (bicyclic) bond motifs is 1. The molecule has 0 aliphatic carbocycles. The number of hydrogen-bond acceptors (Lipinski definition) is 5. The number of ether oxygens (including phenoxy) is 2. The molecule has 0 aromatic heterocycles. The Morgan fingerprint density at radius 2 is 2.12 bits per heavy atom. The fourth-order valence-corrected chi connectivity index (χ4v) is 2.91. The highest BCUT2D eigenvalue weighted by atomic mass is 16.5. The summed E-state index contributed by atoms with van der Waals surface area (Å²) >= 11 is 0. The molecule has 1 heterocycles. The second kappa shape index (κ2) is 7.18. The van der Waals surface area contributed by atoms with Crippen molar-refractivity contribution in [2.24, 2.45) is 5.73 Å². The molecular weight excluding hydrogens is 316 g/mol. The van der Waals surface area contributed by atoms with Gasteiger partial charge in [-0.15, -0.1) is 0 Å². The van der Waals surface area contributed by atoms with E-state index >= 15 is 0 Å². The molecule has 2 aromatic carbocycles. The zero-order valence-corrected chi connectivity index (χ0v) is 14.0. The molecule has 5 heteroatoms. The Balaban J connectivity index is 2.03. The molecule has 2 aromatic rings. The maximum atomic E-state index is 9.70. The highest BCUT2D eigenvalue weighted by Crippen LogP contribution is 2.43. The first-order valence-electron chi connectivity index (χ1n) is 8.27. The number of allylic oxidation sites excluding steroid dienone is 1. The summed E-state index contributed by atoms with van der Waals surface area (Å²) < 4.78 is 11.3. The molecule has 1 atom stereocenters. The molecule has 0 radical (unpaired) electrons. The van der Waals surface area contributed by atoms with Crippen molar-refractivity contribution < 1.29 is 14.6 Å². The molecule has 0 amide bonds. The van der Waals surface area contributed by atoms with Crippen molar-refractivity contribution >= 4 is 0 Å². The molecule has 128 valence electrons. The van der Waals surface area contributed by atoms with Gasteiger partial charge in [0.15, 0.2) is 0 Å². The van der Waals surface area contributed by atoms with Crippen molar-refractivity contribution in [1.29, 1.82) is 5.26 Å². The van der Waals surface area contributed by atoms with E-state index in [-0.39, 0.29) is 17.6 Å². The van der Waals surface area contributed by atoms with E-state index in [0.717, 1.165) is 29.7 Å². The van der Waals surface area contributed by atoms with E-state index in [1.54, 1.807) is 12.1 Å². The summed E-state index contributed by atoms with van der Waals surface area (Å²) in [6.45, 7) is 2.77. The van der Waals surface area contributed by atoms with Crippen LogP contribution < -0.4 is 15.2 Å². The molecule has 1 aliphatic heterocycles. The van der Waals surface area contributed by atoms with Gasteiger partial charge in [0, 0.05) is 11.6 Å². The minimum absolute atomic E-state index is 0.0582. The fourth-order valence-electron chi connectivity index (χ4n) is 2.91. The number of nitrogens with zero attached hydrogens (tertiary/aromatic N) is 1. The Morgan fingerprint density at radius 3 is 2.88 bits per heavy atom. The maximum Gasteiger partial charge on any atom is 0.205 e. The van der Waals surface area contributed by atoms with E-state index in [1.807, 2.05) is 24.3 Å². The Bertz CT molecular complexity index is 852.